The molecule has 1 atom stereocenters. The molecule has 2 aromatic rings. The first-order chi connectivity index (χ1) is 17.5. The Bertz CT molecular complexity index is 1060. The third-order valence-electron chi connectivity index (χ3n) is 7.24. The van der Waals surface area contributed by atoms with E-state index in [1.165, 1.54) is 18.6 Å². The van der Waals surface area contributed by atoms with Crippen LogP contribution in [-0.4, -0.2) is 29.6 Å². The van der Waals surface area contributed by atoms with Crippen LogP contribution in [0.2, 0.25) is 0 Å². The molecule has 1 fully saturated rings. The van der Waals surface area contributed by atoms with Gasteiger partial charge in [0.05, 0.1) is 17.8 Å². The number of alkyl halides is 2. The SMILES string of the molecule is CCC(CC(=O)O)c1ccc(N(CC(C)C)C2CCCCC2)c(NC(=O)C(F)(F)c2ccc(C)cc2)c1. The van der Waals surface area contributed by atoms with Gasteiger partial charge in [-0.2, -0.15) is 8.78 Å². The maximum Gasteiger partial charge on any atom is 0.350 e. The second kappa shape index (κ2) is 12.5. The molecule has 202 valence electrons. The molecule has 7 heteroatoms. The minimum Gasteiger partial charge on any atom is -0.481 e. The van der Waals surface area contributed by atoms with Gasteiger partial charge in [-0.05, 0) is 55.7 Å². The molecule has 2 aromatic carbocycles. The van der Waals surface area contributed by atoms with Crippen molar-refractivity contribution in [2.75, 3.05) is 16.8 Å². The first kappa shape index (κ1) is 28.6. The van der Waals surface area contributed by atoms with E-state index in [0.717, 1.165) is 43.4 Å². The zero-order chi connectivity index (χ0) is 27.2. The summed E-state index contributed by atoms with van der Waals surface area (Å²) in [4.78, 5) is 26.7. The predicted molar refractivity (Wildman–Crippen MR) is 144 cm³/mol. The van der Waals surface area contributed by atoms with Crippen LogP contribution in [0.5, 0.6) is 0 Å². The molecule has 3 rings (SSSR count). The summed E-state index contributed by atoms with van der Waals surface area (Å²) < 4.78 is 30.5. The highest BCUT2D eigenvalue weighted by atomic mass is 19.3. The molecule has 1 saturated carbocycles. The second-order valence-corrected chi connectivity index (χ2v) is 10.7. The third kappa shape index (κ3) is 7.30. The van der Waals surface area contributed by atoms with Gasteiger partial charge < -0.3 is 15.3 Å². The van der Waals surface area contributed by atoms with Crippen LogP contribution < -0.4 is 10.2 Å². The summed E-state index contributed by atoms with van der Waals surface area (Å²) in [6.45, 7) is 8.67. The first-order valence-corrected chi connectivity index (χ1v) is 13.4. The monoisotopic (exact) mass is 514 g/mol. The summed E-state index contributed by atoms with van der Waals surface area (Å²) in [5, 5.41) is 11.9. The van der Waals surface area contributed by atoms with Crippen molar-refractivity contribution in [1.29, 1.82) is 0 Å². The summed E-state index contributed by atoms with van der Waals surface area (Å²) in [6.07, 6.45) is 5.95. The number of carbonyl (C=O) groups is 2. The van der Waals surface area contributed by atoms with Crippen LogP contribution in [0.3, 0.4) is 0 Å². The number of rotatable bonds is 11. The van der Waals surface area contributed by atoms with Crippen molar-refractivity contribution in [3.8, 4) is 0 Å². The Morgan fingerprint density at radius 1 is 1.08 bits per heavy atom. The van der Waals surface area contributed by atoms with E-state index in [9.17, 15) is 14.7 Å². The Kier molecular flexibility index (Phi) is 9.68. The molecule has 0 spiro atoms. The minimum absolute atomic E-state index is 0.0684. The van der Waals surface area contributed by atoms with Crippen molar-refractivity contribution in [2.24, 2.45) is 5.92 Å². The van der Waals surface area contributed by atoms with Gasteiger partial charge in [-0.3, -0.25) is 9.59 Å². The van der Waals surface area contributed by atoms with Gasteiger partial charge in [-0.15, -0.1) is 0 Å². The van der Waals surface area contributed by atoms with Gasteiger partial charge in [0.1, 0.15) is 0 Å². The number of nitrogens with one attached hydrogen (secondary N) is 1. The smallest absolute Gasteiger partial charge is 0.350 e. The van der Waals surface area contributed by atoms with Gasteiger partial charge in [0.2, 0.25) is 0 Å². The van der Waals surface area contributed by atoms with Gasteiger partial charge >= 0.3 is 11.9 Å². The van der Waals surface area contributed by atoms with Gasteiger partial charge in [0.25, 0.3) is 5.91 Å². The number of carboxylic acid groups (broad SMARTS) is 1. The summed E-state index contributed by atoms with van der Waals surface area (Å²) in [7, 11) is 0. The van der Waals surface area contributed by atoms with Gasteiger partial charge in [-0.1, -0.05) is 75.9 Å². The van der Waals surface area contributed by atoms with Crippen LogP contribution in [0.25, 0.3) is 0 Å². The van der Waals surface area contributed by atoms with E-state index in [2.05, 4.69) is 24.1 Å². The molecule has 0 radical (unpaired) electrons. The number of aliphatic carboxylic acids is 1. The third-order valence-corrected chi connectivity index (χ3v) is 7.24. The molecule has 1 aliphatic rings. The molecular formula is C30H40F2N2O3. The number of carbonyl (C=O) groups excluding carboxylic acids is 1. The Balaban J connectivity index is 2.04. The van der Waals surface area contributed by atoms with E-state index in [1.807, 2.05) is 19.1 Å². The number of aryl methyl sites for hydroxylation is 1. The Labute approximate surface area is 219 Å². The van der Waals surface area contributed by atoms with Crippen LogP contribution in [0.1, 0.15) is 88.3 Å². The van der Waals surface area contributed by atoms with E-state index < -0.39 is 17.8 Å². The quantitative estimate of drug-likeness (QED) is 0.326. The first-order valence-electron chi connectivity index (χ1n) is 13.4. The van der Waals surface area contributed by atoms with Crippen LogP contribution in [0, 0.1) is 12.8 Å². The molecule has 1 unspecified atom stereocenters. The standard InChI is InChI=1S/C30H40F2N2O3/c1-5-22(18-28(35)36)23-13-16-27(34(19-20(2)3)25-9-7-6-8-10-25)26(17-23)33-29(37)30(31,32)24-14-11-21(4)12-15-24/h11-17,20,22,25H,5-10,18-19H2,1-4H3,(H,33,37)(H,35,36). The number of hydrogen-bond donors (Lipinski definition) is 2. The molecule has 5 nitrogen and oxygen atoms in total. The van der Waals surface area contributed by atoms with E-state index in [0.29, 0.717) is 23.7 Å². The molecule has 37 heavy (non-hydrogen) atoms. The summed E-state index contributed by atoms with van der Waals surface area (Å²) in [5.41, 5.74) is 2.20. The molecule has 0 heterocycles. The van der Waals surface area contributed by atoms with Crippen LogP contribution >= 0.6 is 0 Å². The molecule has 0 saturated heterocycles. The average molecular weight is 515 g/mol. The number of halogens is 2. The molecule has 0 aliphatic heterocycles. The van der Waals surface area contributed by atoms with Gasteiger partial charge in [0.15, 0.2) is 0 Å². The Morgan fingerprint density at radius 3 is 2.30 bits per heavy atom. The fourth-order valence-corrected chi connectivity index (χ4v) is 5.19. The van der Waals surface area contributed by atoms with E-state index in [4.69, 9.17) is 0 Å². The summed E-state index contributed by atoms with van der Waals surface area (Å²) in [6, 6.07) is 11.4. The van der Waals surface area contributed by atoms with E-state index in [1.54, 1.807) is 25.1 Å². The van der Waals surface area contributed by atoms with Crippen molar-refractivity contribution in [3.05, 3.63) is 59.2 Å². The van der Waals surface area contributed by atoms with Crippen LogP contribution in [0.4, 0.5) is 20.2 Å². The number of benzene rings is 2. The highest BCUT2D eigenvalue weighted by Gasteiger charge is 2.41. The normalized spacial score (nSPS) is 15.4. The largest absolute Gasteiger partial charge is 0.481 e. The lowest BCUT2D eigenvalue weighted by atomic mass is 9.90. The number of carboxylic acids is 1. The Morgan fingerprint density at radius 2 is 1.73 bits per heavy atom. The van der Waals surface area contributed by atoms with Crippen molar-refractivity contribution in [2.45, 2.75) is 90.5 Å². The minimum atomic E-state index is -3.72. The lowest BCUT2D eigenvalue weighted by molar-refractivity contribution is -0.141. The van der Waals surface area contributed by atoms with Gasteiger partial charge in [0, 0.05) is 18.2 Å². The fourth-order valence-electron chi connectivity index (χ4n) is 5.19. The fraction of sp³-hybridized carbons (Fsp3) is 0.533. The molecule has 1 aliphatic carbocycles. The summed E-state index contributed by atoms with van der Waals surface area (Å²) in [5.74, 6) is -5.99. The van der Waals surface area contributed by atoms with E-state index in [-0.39, 0.29) is 23.9 Å². The van der Waals surface area contributed by atoms with Crippen LogP contribution in [-0.2, 0) is 15.5 Å². The average Bonchev–Trinajstić information content (AvgIpc) is 2.86. The number of anilines is 2. The van der Waals surface area contributed by atoms with Crippen molar-refractivity contribution < 1.29 is 23.5 Å². The molecule has 0 bridgehead atoms. The van der Waals surface area contributed by atoms with Crippen molar-refractivity contribution >= 4 is 23.3 Å². The van der Waals surface area contributed by atoms with Crippen LogP contribution in [0.15, 0.2) is 42.5 Å². The number of nitrogens with zero attached hydrogens (tertiary/aromatic N) is 1. The topological polar surface area (TPSA) is 69.6 Å². The highest BCUT2D eigenvalue weighted by molar-refractivity contribution is 5.99. The van der Waals surface area contributed by atoms with Crippen molar-refractivity contribution in [1.82, 2.24) is 0 Å². The molecular weight excluding hydrogens is 474 g/mol. The molecule has 2 N–H and O–H groups in total. The van der Waals surface area contributed by atoms with Crippen molar-refractivity contribution in [3.63, 3.8) is 0 Å². The maximum absolute atomic E-state index is 15.3. The van der Waals surface area contributed by atoms with E-state index >= 15 is 8.78 Å². The highest BCUT2D eigenvalue weighted by Crippen LogP contribution is 2.38. The number of hydrogen-bond acceptors (Lipinski definition) is 3. The number of amides is 1. The molecule has 0 aromatic heterocycles. The zero-order valence-corrected chi connectivity index (χ0v) is 22.4. The maximum atomic E-state index is 15.3. The predicted octanol–water partition coefficient (Wildman–Crippen LogP) is 7.49. The van der Waals surface area contributed by atoms with Gasteiger partial charge in [-0.25, -0.2) is 0 Å². The Hall–Kier alpha value is -2.96. The zero-order valence-electron chi connectivity index (χ0n) is 22.4. The second-order valence-electron chi connectivity index (χ2n) is 10.7. The lowest BCUT2D eigenvalue weighted by Gasteiger charge is -2.38. The summed E-state index contributed by atoms with van der Waals surface area (Å²) >= 11 is 0. The lowest BCUT2D eigenvalue weighted by Crippen LogP contribution is -2.40. The molecule has 1 amide bonds.